The van der Waals surface area contributed by atoms with Gasteiger partial charge in [0.15, 0.2) is 5.78 Å². The Labute approximate surface area is 124 Å². The minimum Gasteiger partial charge on any atom is -0.482 e. The SMILES string of the molecule is CC1(C)OC2=C(C(=O)Cc3ccccc32)c2ccccc21. The normalized spacial score (nSPS) is 18.5. The zero-order valence-electron chi connectivity index (χ0n) is 12.1. The van der Waals surface area contributed by atoms with E-state index in [1.54, 1.807) is 0 Å². The summed E-state index contributed by atoms with van der Waals surface area (Å²) in [6.45, 7) is 4.11. The molecule has 2 heteroatoms. The lowest BCUT2D eigenvalue weighted by Gasteiger charge is -2.38. The highest BCUT2D eigenvalue weighted by atomic mass is 16.5. The fourth-order valence-electron chi connectivity index (χ4n) is 3.33. The smallest absolute Gasteiger partial charge is 0.171 e. The Bertz CT molecular complexity index is 797. The van der Waals surface area contributed by atoms with Crippen molar-refractivity contribution in [3.63, 3.8) is 0 Å². The predicted octanol–water partition coefficient (Wildman–Crippen LogP) is 3.95. The predicted molar refractivity (Wildman–Crippen MR) is 82.5 cm³/mol. The zero-order valence-corrected chi connectivity index (χ0v) is 12.1. The first-order valence-corrected chi connectivity index (χ1v) is 7.22. The summed E-state index contributed by atoms with van der Waals surface area (Å²) in [6.07, 6.45) is 0.452. The van der Waals surface area contributed by atoms with Gasteiger partial charge in [-0.25, -0.2) is 0 Å². The maximum Gasteiger partial charge on any atom is 0.171 e. The molecule has 0 saturated carbocycles. The van der Waals surface area contributed by atoms with Gasteiger partial charge in [0.2, 0.25) is 0 Å². The van der Waals surface area contributed by atoms with Crippen molar-refractivity contribution in [3.8, 4) is 0 Å². The lowest BCUT2D eigenvalue weighted by atomic mass is 9.79. The number of rotatable bonds is 0. The third-order valence-corrected chi connectivity index (χ3v) is 4.32. The minimum atomic E-state index is -0.430. The van der Waals surface area contributed by atoms with Gasteiger partial charge in [-0.05, 0) is 25.0 Å². The number of allylic oxidation sites excluding steroid dienone is 1. The Morgan fingerprint density at radius 3 is 2.43 bits per heavy atom. The summed E-state index contributed by atoms with van der Waals surface area (Å²) in [6, 6.07) is 16.1. The molecule has 1 aliphatic carbocycles. The van der Waals surface area contributed by atoms with E-state index in [0.29, 0.717) is 6.42 Å². The van der Waals surface area contributed by atoms with Crippen LogP contribution < -0.4 is 0 Å². The Morgan fingerprint density at radius 1 is 0.952 bits per heavy atom. The van der Waals surface area contributed by atoms with Gasteiger partial charge in [0.25, 0.3) is 0 Å². The first kappa shape index (κ1) is 12.4. The third-order valence-electron chi connectivity index (χ3n) is 4.32. The summed E-state index contributed by atoms with van der Waals surface area (Å²) in [7, 11) is 0. The number of hydrogen-bond acceptors (Lipinski definition) is 2. The third kappa shape index (κ3) is 1.69. The van der Waals surface area contributed by atoms with Crippen LogP contribution in [0.2, 0.25) is 0 Å². The van der Waals surface area contributed by atoms with Crippen LogP contribution in [-0.2, 0) is 21.6 Å². The van der Waals surface area contributed by atoms with E-state index in [9.17, 15) is 4.79 Å². The molecule has 0 saturated heterocycles. The molecule has 0 fully saturated rings. The van der Waals surface area contributed by atoms with Crippen LogP contribution in [0.25, 0.3) is 11.3 Å². The molecule has 2 aliphatic rings. The van der Waals surface area contributed by atoms with Gasteiger partial charge in [-0.3, -0.25) is 4.79 Å². The van der Waals surface area contributed by atoms with Crippen molar-refractivity contribution in [1.82, 2.24) is 0 Å². The monoisotopic (exact) mass is 276 g/mol. The Hall–Kier alpha value is -2.35. The molecule has 2 aromatic rings. The standard InChI is InChI=1S/C19H16O2/c1-19(2)15-10-6-5-9-14(15)17-16(20)11-12-7-3-4-8-13(12)18(17)21-19/h3-10H,11H2,1-2H3. The van der Waals surface area contributed by atoms with E-state index in [1.165, 1.54) is 0 Å². The molecule has 2 nitrogen and oxygen atoms in total. The van der Waals surface area contributed by atoms with E-state index in [1.807, 2.05) is 48.5 Å². The van der Waals surface area contributed by atoms with Crippen molar-refractivity contribution in [2.24, 2.45) is 0 Å². The molecular weight excluding hydrogens is 260 g/mol. The molecule has 0 atom stereocenters. The molecule has 0 amide bonds. The summed E-state index contributed by atoms with van der Waals surface area (Å²) in [5.41, 5.74) is 4.51. The lowest BCUT2D eigenvalue weighted by molar-refractivity contribution is -0.113. The van der Waals surface area contributed by atoms with E-state index < -0.39 is 5.60 Å². The van der Waals surface area contributed by atoms with E-state index in [2.05, 4.69) is 13.8 Å². The van der Waals surface area contributed by atoms with Crippen molar-refractivity contribution in [2.75, 3.05) is 0 Å². The summed E-state index contributed by atoms with van der Waals surface area (Å²) in [4.78, 5) is 12.6. The van der Waals surface area contributed by atoms with E-state index in [-0.39, 0.29) is 5.78 Å². The van der Waals surface area contributed by atoms with Crippen molar-refractivity contribution in [1.29, 1.82) is 0 Å². The Balaban J connectivity index is 2.06. The highest BCUT2D eigenvalue weighted by Crippen LogP contribution is 2.46. The first-order chi connectivity index (χ1) is 10.1. The Morgan fingerprint density at radius 2 is 1.62 bits per heavy atom. The second kappa shape index (κ2) is 4.08. The molecule has 2 aromatic carbocycles. The van der Waals surface area contributed by atoms with E-state index in [0.717, 1.165) is 33.6 Å². The van der Waals surface area contributed by atoms with E-state index >= 15 is 0 Å². The van der Waals surface area contributed by atoms with Gasteiger partial charge >= 0.3 is 0 Å². The molecule has 104 valence electrons. The molecule has 0 spiro atoms. The van der Waals surface area contributed by atoms with Crippen molar-refractivity contribution < 1.29 is 9.53 Å². The molecule has 0 aromatic heterocycles. The topological polar surface area (TPSA) is 26.3 Å². The van der Waals surface area contributed by atoms with Gasteiger partial charge in [-0.2, -0.15) is 0 Å². The van der Waals surface area contributed by atoms with Crippen LogP contribution in [-0.4, -0.2) is 5.78 Å². The van der Waals surface area contributed by atoms with Crippen LogP contribution in [0.3, 0.4) is 0 Å². The molecule has 21 heavy (non-hydrogen) atoms. The van der Waals surface area contributed by atoms with Crippen LogP contribution in [0.4, 0.5) is 0 Å². The van der Waals surface area contributed by atoms with Crippen LogP contribution in [0.15, 0.2) is 48.5 Å². The maximum absolute atomic E-state index is 12.6. The second-order valence-corrected chi connectivity index (χ2v) is 6.12. The van der Waals surface area contributed by atoms with Crippen LogP contribution in [0.1, 0.15) is 36.1 Å². The van der Waals surface area contributed by atoms with Crippen LogP contribution in [0.5, 0.6) is 0 Å². The number of ether oxygens (including phenoxy) is 1. The number of Topliss-reactive ketones (excluding diaryl/α,β-unsaturated/α-hetero) is 1. The van der Waals surface area contributed by atoms with Gasteiger partial charge in [-0.15, -0.1) is 0 Å². The molecule has 1 aliphatic heterocycles. The molecule has 4 rings (SSSR count). The largest absolute Gasteiger partial charge is 0.482 e. The molecule has 0 N–H and O–H groups in total. The van der Waals surface area contributed by atoms with Crippen LogP contribution in [0, 0.1) is 0 Å². The van der Waals surface area contributed by atoms with Crippen molar-refractivity contribution in [3.05, 3.63) is 70.8 Å². The maximum atomic E-state index is 12.6. The fourth-order valence-corrected chi connectivity index (χ4v) is 3.33. The number of ketones is 1. The van der Waals surface area contributed by atoms with Gasteiger partial charge in [0.1, 0.15) is 11.4 Å². The molecular formula is C19H16O2. The number of carbonyl (C=O) groups is 1. The van der Waals surface area contributed by atoms with Gasteiger partial charge < -0.3 is 4.74 Å². The molecule has 0 bridgehead atoms. The average molecular weight is 276 g/mol. The summed E-state index contributed by atoms with van der Waals surface area (Å²) >= 11 is 0. The minimum absolute atomic E-state index is 0.145. The van der Waals surface area contributed by atoms with Crippen molar-refractivity contribution in [2.45, 2.75) is 25.9 Å². The molecule has 1 heterocycles. The van der Waals surface area contributed by atoms with Crippen molar-refractivity contribution >= 4 is 17.1 Å². The number of carbonyl (C=O) groups excluding carboxylic acids is 1. The quantitative estimate of drug-likeness (QED) is 0.728. The fraction of sp³-hybridized carbons (Fsp3) is 0.211. The summed E-state index contributed by atoms with van der Waals surface area (Å²) in [5.74, 6) is 0.886. The van der Waals surface area contributed by atoms with Gasteiger partial charge in [0.05, 0.1) is 5.57 Å². The van der Waals surface area contributed by atoms with Crippen LogP contribution >= 0.6 is 0 Å². The average Bonchev–Trinajstić information content (AvgIpc) is 2.47. The number of fused-ring (bicyclic) bond motifs is 4. The number of hydrogen-bond donors (Lipinski definition) is 0. The first-order valence-electron chi connectivity index (χ1n) is 7.22. The second-order valence-electron chi connectivity index (χ2n) is 6.12. The van der Waals surface area contributed by atoms with Gasteiger partial charge in [0, 0.05) is 17.5 Å². The molecule has 0 radical (unpaired) electrons. The lowest BCUT2D eigenvalue weighted by Crippen LogP contribution is -2.31. The molecule has 0 unspecified atom stereocenters. The number of benzene rings is 2. The summed E-state index contributed by atoms with van der Waals surface area (Å²) in [5, 5.41) is 0. The Kier molecular flexibility index (Phi) is 2.41. The van der Waals surface area contributed by atoms with Gasteiger partial charge in [-0.1, -0.05) is 48.5 Å². The highest BCUT2D eigenvalue weighted by molar-refractivity contribution is 6.30. The summed E-state index contributed by atoms with van der Waals surface area (Å²) < 4.78 is 6.26. The zero-order chi connectivity index (χ0) is 14.6. The highest BCUT2D eigenvalue weighted by Gasteiger charge is 2.39. The van der Waals surface area contributed by atoms with E-state index in [4.69, 9.17) is 4.74 Å².